The number of carbonyl (C=O) groups excluding carboxylic acids is 2. The van der Waals surface area contributed by atoms with Crippen molar-refractivity contribution in [3.63, 3.8) is 0 Å². The summed E-state index contributed by atoms with van der Waals surface area (Å²) in [4.78, 5) is 26.5. The molecular weight excluding hydrogens is 754 g/mol. The number of carbonyl (C=O) groups is 2. The molecule has 0 aromatic carbocycles. The van der Waals surface area contributed by atoms with Gasteiger partial charge in [-0.3, -0.25) is 9.59 Å². The highest BCUT2D eigenvalue weighted by molar-refractivity contribution is 14.1. The first kappa shape index (κ1) is 43.0. The van der Waals surface area contributed by atoms with E-state index in [9.17, 15) is 48.2 Å². The second kappa shape index (κ2) is 17.2. The molecule has 0 aliphatic carbocycles. The van der Waals surface area contributed by atoms with Crippen molar-refractivity contribution in [2.45, 2.75) is 119 Å². The van der Waals surface area contributed by atoms with Crippen LogP contribution in [0.1, 0.15) is 92.4 Å². The molecule has 0 N–H and O–H groups in total. The number of unbranched alkanes of at least 4 members (excludes halogenated alkanes) is 3. The van der Waals surface area contributed by atoms with Gasteiger partial charge in [-0.05, 0) is 39.0 Å². The predicted octanol–water partition coefficient (Wildman–Crippen LogP) is 8.44. The van der Waals surface area contributed by atoms with E-state index in [0.717, 1.165) is 0 Å². The predicted molar refractivity (Wildman–Crippen MR) is 150 cm³/mol. The fourth-order valence-electron chi connectivity index (χ4n) is 4.48. The number of hydrogen-bond acceptors (Lipinski definition) is 7. The van der Waals surface area contributed by atoms with Gasteiger partial charge in [-0.25, -0.2) is 4.74 Å². The number of rotatable bonds is 22. The largest absolute Gasteiger partial charge is 0.466 e. The molecule has 0 saturated carbocycles. The minimum absolute atomic E-state index is 0.0836. The van der Waals surface area contributed by atoms with E-state index in [0.29, 0.717) is 32.1 Å². The van der Waals surface area contributed by atoms with E-state index in [4.69, 9.17) is 9.47 Å². The zero-order valence-electron chi connectivity index (χ0n) is 25.1. The Balaban J connectivity index is 7.04. The number of alkyl halides is 9. The van der Waals surface area contributed by atoms with Gasteiger partial charge in [-0.2, -0.15) is 43.5 Å². The molecule has 0 heterocycles. The SMILES string of the molecule is CCCCOC(=O)C(C(CCCC)C(CC(F)(F)C(F)(F)OC(F)(F)C(F)(F)S(=O)(=O)F)C(=O)OCC)C(C)(I)CCCC. The molecule has 4 atom stereocenters. The van der Waals surface area contributed by atoms with Crippen LogP contribution in [0.3, 0.4) is 0 Å². The van der Waals surface area contributed by atoms with Crippen molar-refractivity contribution in [1.29, 1.82) is 0 Å². The van der Waals surface area contributed by atoms with Gasteiger partial charge in [-0.1, -0.05) is 79.4 Å². The van der Waals surface area contributed by atoms with E-state index < -0.39 is 79.8 Å². The normalized spacial score (nSPS) is 17.0. The Morgan fingerprint density at radius 1 is 0.795 bits per heavy atom. The molecule has 0 saturated heterocycles. The van der Waals surface area contributed by atoms with E-state index in [1.807, 2.05) is 29.5 Å². The number of ether oxygens (including phenoxy) is 3. The topological polar surface area (TPSA) is 96.0 Å². The van der Waals surface area contributed by atoms with Gasteiger partial charge >= 0.3 is 45.6 Å². The second-order valence-electron chi connectivity index (χ2n) is 10.5. The highest BCUT2D eigenvalue weighted by Crippen LogP contribution is 2.51. The van der Waals surface area contributed by atoms with Crippen molar-refractivity contribution in [3.05, 3.63) is 0 Å². The van der Waals surface area contributed by atoms with Crippen LogP contribution >= 0.6 is 22.6 Å². The van der Waals surface area contributed by atoms with E-state index in [2.05, 4.69) is 4.74 Å². The van der Waals surface area contributed by atoms with Crippen LogP contribution < -0.4 is 0 Å². The Hall–Kier alpha value is -1.05. The van der Waals surface area contributed by atoms with Crippen molar-refractivity contribution < 1.29 is 71.2 Å². The third kappa shape index (κ3) is 11.3. The van der Waals surface area contributed by atoms with E-state index in [-0.39, 0.29) is 25.9 Å². The Morgan fingerprint density at radius 3 is 1.77 bits per heavy atom. The first-order chi connectivity index (χ1) is 19.9. The molecule has 0 spiro atoms. The van der Waals surface area contributed by atoms with Crippen LogP contribution in [0.4, 0.5) is 39.0 Å². The van der Waals surface area contributed by atoms with Crippen LogP contribution in [0, 0.1) is 17.8 Å². The van der Waals surface area contributed by atoms with Crippen molar-refractivity contribution in [3.8, 4) is 0 Å². The molecule has 7 nitrogen and oxygen atoms in total. The van der Waals surface area contributed by atoms with Crippen LogP contribution in [0.2, 0.25) is 0 Å². The number of esters is 2. The number of halogens is 10. The molecule has 44 heavy (non-hydrogen) atoms. The lowest BCUT2D eigenvalue weighted by molar-refractivity contribution is -0.457. The zero-order valence-corrected chi connectivity index (χ0v) is 28.0. The van der Waals surface area contributed by atoms with Gasteiger partial charge in [0.25, 0.3) is 0 Å². The monoisotopic (exact) mass is 794 g/mol. The first-order valence-corrected chi connectivity index (χ1v) is 16.5. The average Bonchev–Trinajstić information content (AvgIpc) is 2.87. The van der Waals surface area contributed by atoms with Crippen LogP contribution in [-0.2, 0) is 34.0 Å². The summed E-state index contributed by atoms with van der Waals surface area (Å²) in [6, 6.07) is 0. The lowest BCUT2D eigenvalue weighted by Gasteiger charge is -2.41. The number of hydrogen-bond donors (Lipinski definition) is 0. The van der Waals surface area contributed by atoms with Crippen molar-refractivity contribution in [2.75, 3.05) is 13.2 Å². The molecule has 0 aliphatic heterocycles. The summed E-state index contributed by atoms with van der Waals surface area (Å²) in [6.07, 6.45) is -13.1. The summed E-state index contributed by atoms with van der Waals surface area (Å²) in [5.74, 6) is -13.5. The third-order valence-corrected chi connectivity index (χ3v) is 8.95. The minimum atomic E-state index is -7.61. The quantitative estimate of drug-likeness (QED) is 0.0271. The van der Waals surface area contributed by atoms with E-state index >= 15 is 8.78 Å². The molecule has 18 heteroatoms. The van der Waals surface area contributed by atoms with E-state index in [1.54, 1.807) is 20.8 Å². The molecule has 262 valence electrons. The van der Waals surface area contributed by atoms with Crippen molar-refractivity contribution in [2.24, 2.45) is 17.8 Å². The van der Waals surface area contributed by atoms with Gasteiger partial charge in [0.05, 0.1) is 25.0 Å². The lowest BCUT2D eigenvalue weighted by atomic mass is 9.70. The third-order valence-electron chi connectivity index (χ3n) is 6.89. The summed E-state index contributed by atoms with van der Waals surface area (Å²) in [5.41, 5.74) is 0. The van der Waals surface area contributed by atoms with Gasteiger partial charge in [0.2, 0.25) is 0 Å². The summed E-state index contributed by atoms with van der Waals surface area (Å²) in [7, 11) is -7.61. The first-order valence-electron chi connectivity index (χ1n) is 14.1. The molecular formula is C26H40F9IO7S. The molecule has 0 fully saturated rings. The fourth-order valence-corrected chi connectivity index (χ4v) is 5.91. The summed E-state index contributed by atoms with van der Waals surface area (Å²) in [5, 5.41) is -6.97. The Morgan fingerprint density at radius 2 is 1.32 bits per heavy atom. The Kier molecular flexibility index (Phi) is 16.8. The lowest BCUT2D eigenvalue weighted by Crippen LogP contribution is -2.56. The van der Waals surface area contributed by atoms with Gasteiger partial charge in [-0.15, -0.1) is 0 Å². The maximum absolute atomic E-state index is 15.1. The van der Waals surface area contributed by atoms with Crippen molar-refractivity contribution in [1.82, 2.24) is 0 Å². The maximum Gasteiger partial charge on any atom is 0.464 e. The molecule has 0 aromatic rings. The van der Waals surface area contributed by atoms with Gasteiger partial charge in [0.1, 0.15) is 0 Å². The van der Waals surface area contributed by atoms with Crippen LogP contribution in [-0.4, -0.2) is 60.4 Å². The van der Waals surface area contributed by atoms with E-state index in [1.165, 1.54) is 6.92 Å². The van der Waals surface area contributed by atoms with Gasteiger partial charge in [0, 0.05) is 9.84 Å². The smallest absolute Gasteiger partial charge is 0.464 e. The maximum atomic E-state index is 15.1. The highest BCUT2D eigenvalue weighted by atomic mass is 127. The van der Waals surface area contributed by atoms with Crippen LogP contribution in [0.15, 0.2) is 0 Å². The molecule has 0 rings (SSSR count). The van der Waals surface area contributed by atoms with Gasteiger partial charge in [0.15, 0.2) is 0 Å². The summed E-state index contributed by atoms with van der Waals surface area (Å²) >= 11 is 1.88. The molecule has 0 aliphatic rings. The molecule has 0 radical (unpaired) electrons. The molecule has 0 amide bonds. The second-order valence-corrected chi connectivity index (χ2v) is 14.4. The fraction of sp³-hybridized carbons (Fsp3) is 0.923. The average molecular weight is 795 g/mol. The molecule has 4 unspecified atom stereocenters. The van der Waals surface area contributed by atoms with Crippen LogP contribution in [0.25, 0.3) is 0 Å². The Bertz CT molecular complexity index is 1030. The van der Waals surface area contributed by atoms with Crippen LogP contribution in [0.5, 0.6) is 0 Å². The molecule has 0 bridgehead atoms. The van der Waals surface area contributed by atoms with Gasteiger partial charge < -0.3 is 9.47 Å². The molecule has 0 aromatic heterocycles. The zero-order chi connectivity index (χ0) is 34.8. The summed E-state index contributed by atoms with van der Waals surface area (Å²) in [6.45, 7) is 7.59. The minimum Gasteiger partial charge on any atom is -0.466 e. The Labute approximate surface area is 265 Å². The van der Waals surface area contributed by atoms with Crippen molar-refractivity contribution >= 4 is 44.8 Å². The summed E-state index contributed by atoms with van der Waals surface area (Å²) < 4.78 is 159. The standard InChI is InChI=1S/C26H40F9IO7S/c1-6-10-13-17(19(21(38)42-15-12-8-3)22(5,36)14-11-7-2)18(20(37)41-9-4)16-23(27,28)24(29,30)43-25(31,32)26(33,34)44(35,39)40/h17-19H,6-16H2,1-5H3. The highest BCUT2D eigenvalue weighted by Gasteiger charge is 2.75.